The van der Waals surface area contributed by atoms with Gasteiger partial charge in [-0.15, -0.1) is 0 Å². The number of allylic oxidation sites excluding steroid dienone is 2. The van der Waals surface area contributed by atoms with Crippen molar-refractivity contribution in [2.75, 3.05) is 6.61 Å². The van der Waals surface area contributed by atoms with E-state index in [0.717, 1.165) is 38.5 Å². The molecule has 0 rings (SSSR count). The lowest BCUT2D eigenvalue weighted by atomic mass is 10.0. The van der Waals surface area contributed by atoms with Gasteiger partial charge in [-0.3, -0.25) is 4.79 Å². The van der Waals surface area contributed by atoms with E-state index in [-0.39, 0.29) is 12.5 Å². The van der Waals surface area contributed by atoms with E-state index in [9.17, 15) is 20.1 Å². The number of amides is 1. The van der Waals surface area contributed by atoms with Crippen LogP contribution >= 0.6 is 0 Å². The van der Waals surface area contributed by atoms with Crippen molar-refractivity contribution in [2.24, 2.45) is 0 Å². The summed E-state index contributed by atoms with van der Waals surface area (Å²) < 4.78 is 0. The summed E-state index contributed by atoms with van der Waals surface area (Å²) in [6, 6.07) is -0.822. The van der Waals surface area contributed by atoms with Crippen LogP contribution in [0.3, 0.4) is 0 Å². The quantitative estimate of drug-likeness (QED) is 0.0363. The van der Waals surface area contributed by atoms with Crippen LogP contribution in [0.4, 0.5) is 0 Å². The first kappa shape index (κ1) is 58.1. The zero-order valence-electron chi connectivity index (χ0n) is 40.2. The molecule has 0 aromatic rings. The minimum absolute atomic E-state index is 0.147. The van der Waals surface area contributed by atoms with E-state index in [1.807, 2.05) is 0 Å². The Hall–Kier alpha value is -0.910. The highest BCUT2D eigenvalue weighted by Crippen LogP contribution is 2.18. The first-order chi connectivity index (χ1) is 29.1. The summed E-state index contributed by atoms with van der Waals surface area (Å²) in [5, 5.41) is 33.7. The third-order valence-corrected chi connectivity index (χ3v) is 12.9. The van der Waals surface area contributed by atoms with E-state index in [4.69, 9.17) is 0 Å². The molecule has 352 valence electrons. The van der Waals surface area contributed by atoms with Crippen molar-refractivity contribution in [1.29, 1.82) is 0 Å². The summed E-state index contributed by atoms with van der Waals surface area (Å²) >= 11 is 0. The number of rotatable bonds is 50. The van der Waals surface area contributed by atoms with Gasteiger partial charge >= 0.3 is 0 Å². The molecule has 5 heteroatoms. The predicted octanol–water partition coefficient (Wildman–Crippen LogP) is 16.3. The molecule has 0 fully saturated rings. The average molecular weight is 834 g/mol. The largest absolute Gasteiger partial charge is 0.394 e. The highest BCUT2D eigenvalue weighted by atomic mass is 16.3. The fourth-order valence-corrected chi connectivity index (χ4v) is 8.70. The van der Waals surface area contributed by atoms with Crippen LogP contribution in [-0.2, 0) is 4.79 Å². The van der Waals surface area contributed by atoms with Gasteiger partial charge in [-0.05, 0) is 38.5 Å². The highest BCUT2D eigenvalue weighted by Gasteiger charge is 2.26. The van der Waals surface area contributed by atoms with Crippen LogP contribution in [0.5, 0.6) is 0 Å². The molecule has 0 aliphatic carbocycles. The zero-order chi connectivity index (χ0) is 43.0. The van der Waals surface area contributed by atoms with Gasteiger partial charge in [0.1, 0.15) is 6.10 Å². The van der Waals surface area contributed by atoms with Crippen molar-refractivity contribution in [2.45, 2.75) is 321 Å². The monoisotopic (exact) mass is 834 g/mol. The molecule has 0 spiro atoms. The normalized spacial score (nSPS) is 13.4. The molecular formula is C54H107NO4. The minimum Gasteiger partial charge on any atom is -0.394 e. The lowest BCUT2D eigenvalue weighted by molar-refractivity contribution is -0.124. The Morgan fingerprint density at radius 1 is 0.407 bits per heavy atom. The second-order valence-electron chi connectivity index (χ2n) is 18.8. The number of carbonyl (C=O) groups is 1. The predicted molar refractivity (Wildman–Crippen MR) is 259 cm³/mol. The standard InChI is InChI=1S/C54H107NO4/c1-3-5-7-9-11-13-15-17-19-21-23-25-26-27-29-30-32-34-36-38-40-42-44-46-48-52(57)54(59)51(50-56)55-53(58)49-47-45-43-41-39-37-35-33-31-28-24-22-20-18-16-14-12-10-8-6-4-2/h40,42,51-52,54,56-57,59H,3-39,41,43-50H2,1-2H3,(H,55,58)/b42-40+. The lowest BCUT2D eigenvalue weighted by Gasteiger charge is -2.26. The third kappa shape index (κ3) is 44.9. The summed E-state index contributed by atoms with van der Waals surface area (Å²) in [6.07, 6.45) is 60.7. The van der Waals surface area contributed by atoms with Gasteiger partial charge in [-0.1, -0.05) is 270 Å². The first-order valence-corrected chi connectivity index (χ1v) is 27.0. The molecule has 3 atom stereocenters. The Balaban J connectivity index is 3.56. The van der Waals surface area contributed by atoms with Crippen LogP contribution in [0.1, 0.15) is 303 Å². The van der Waals surface area contributed by atoms with E-state index in [1.54, 1.807) is 0 Å². The van der Waals surface area contributed by atoms with E-state index >= 15 is 0 Å². The second-order valence-corrected chi connectivity index (χ2v) is 18.8. The Bertz CT molecular complexity index is 833. The van der Waals surface area contributed by atoms with Crippen LogP contribution in [0.2, 0.25) is 0 Å². The molecule has 0 heterocycles. The van der Waals surface area contributed by atoms with E-state index < -0.39 is 18.2 Å². The summed E-state index contributed by atoms with van der Waals surface area (Å²) in [7, 11) is 0. The maximum Gasteiger partial charge on any atom is 0.220 e. The maximum absolute atomic E-state index is 12.5. The molecule has 0 aliphatic rings. The molecule has 0 radical (unpaired) electrons. The number of hydrogen-bond acceptors (Lipinski definition) is 4. The highest BCUT2D eigenvalue weighted by molar-refractivity contribution is 5.76. The van der Waals surface area contributed by atoms with Crippen molar-refractivity contribution >= 4 is 5.91 Å². The van der Waals surface area contributed by atoms with Crippen molar-refractivity contribution < 1.29 is 20.1 Å². The van der Waals surface area contributed by atoms with Crippen molar-refractivity contribution in [3.63, 3.8) is 0 Å². The topological polar surface area (TPSA) is 89.8 Å². The average Bonchev–Trinajstić information content (AvgIpc) is 3.24. The van der Waals surface area contributed by atoms with Crippen LogP contribution in [0, 0.1) is 0 Å². The Kier molecular flexibility index (Phi) is 49.0. The molecule has 59 heavy (non-hydrogen) atoms. The number of aliphatic hydroxyl groups excluding tert-OH is 3. The van der Waals surface area contributed by atoms with Crippen molar-refractivity contribution in [3.05, 3.63) is 12.2 Å². The number of unbranched alkanes of at least 4 members (excludes halogenated alkanes) is 40. The summed E-state index contributed by atoms with van der Waals surface area (Å²) in [5.74, 6) is -0.147. The maximum atomic E-state index is 12.5. The van der Waals surface area contributed by atoms with Gasteiger partial charge in [0.2, 0.25) is 5.91 Å². The molecule has 0 aliphatic heterocycles. The fourth-order valence-electron chi connectivity index (χ4n) is 8.70. The molecule has 0 aromatic heterocycles. The molecule has 0 saturated heterocycles. The van der Waals surface area contributed by atoms with Crippen LogP contribution in [-0.4, -0.2) is 46.1 Å². The molecular weight excluding hydrogens is 727 g/mol. The summed E-state index contributed by atoms with van der Waals surface area (Å²) in [6.45, 7) is 4.21. The smallest absolute Gasteiger partial charge is 0.220 e. The summed E-state index contributed by atoms with van der Waals surface area (Å²) in [4.78, 5) is 12.5. The number of aliphatic hydroxyl groups is 3. The fraction of sp³-hybridized carbons (Fsp3) is 0.944. The number of nitrogens with one attached hydrogen (secondary N) is 1. The van der Waals surface area contributed by atoms with Gasteiger partial charge in [0.05, 0.1) is 18.8 Å². The van der Waals surface area contributed by atoms with Gasteiger partial charge in [0.25, 0.3) is 0 Å². The van der Waals surface area contributed by atoms with Gasteiger partial charge < -0.3 is 20.6 Å². The zero-order valence-corrected chi connectivity index (χ0v) is 40.2. The first-order valence-electron chi connectivity index (χ1n) is 27.0. The lowest BCUT2D eigenvalue weighted by Crippen LogP contribution is -2.50. The van der Waals surface area contributed by atoms with Gasteiger partial charge in [-0.25, -0.2) is 0 Å². The van der Waals surface area contributed by atoms with Crippen LogP contribution in [0.15, 0.2) is 12.2 Å². The second kappa shape index (κ2) is 49.7. The van der Waals surface area contributed by atoms with E-state index in [0.29, 0.717) is 12.8 Å². The molecule has 4 N–H and O–H groups in total. The van der Waals surface area contributed by atoms with Gasteiger partial charge in [0.15, 0.2) is 0 Å². The molecule has 1 amide bonds. The Morgan fingerprint density at radius 3 is 0.983 bits per heavy atom. The molecule has 0 bridgehead atoms. The van der Waals surface area contributed by atoms with Crippen molar-refractivity contribution in [3.8, 4) is 0 Å². The molecule has 5 nitrogen and oxygen atoms in total. The van der Waals surface area contributed by atoms with Gasteiger partial charge in [0, 0.05) is 6.42 Å². The van der Waals surface area contributed by atoms with Crippen LogP contribution < -0.4 is 5.32 Å². The summed E-state index contributed by atoms with van der Waals surface area (Å²) in [5.41, 5.74) is 0. The number of carbonyl (C=O) groups excluding carboxylic acids is 1. The minimum atomic E-state index is -1.16. The van der Waals surface area contributed by atoms with Crippen molar-refractivity contribution in [1.82, 2.24) is 5.32 Å². The Morgan fingerprint density at radius 2 is 0.678 bits per heavy atom. The third-order valence-electron chi connectivity index (χ3n) is 12.9. The van der Waals surface area contributed by atoms with Gasteiger partial charge in [-0.2, -0.15) is 0 Å². The number of hydrogen-bond donors (Lipinski definition) is 4. The SMILES string of the molecule is CCCCCCCCCCCCCCCCCCCCC/C=C/CCCC(O)C(O)C(CO)NC(=O)CCCCCCCCCCCCCCCCCCCCCCC. The molecule has 0 aromatic carbocycles. The molecule has 0 saturated carbocycles. The Labute approximate surface area is 369 Å². The molecule has 3 unspecified atom stereocenters. The van der Waals surface area contributed by atoms with E-state index in [2.05, 4.69) is 31.3 Å². The van der Waals surface area contributed by atoms with E-state index in [1.165, 1.54) is 238 Å². The van der Waals surface area contributed by atoms with Crippen LogP contribution in [0.25, 0.3) is 0 Å².